The van der Waals surface area contributed by atoms with E-state index in [-0.39, 0.29) is 16.8 Å². The first kappa shape index (κ1) is 14.7. The van der Waals surface area contributed by atoms with Crippen molar-refractivity contribution in [2.75, 3.05) is 5.73 Å². The summed E-state index contributed by atoms with van der Waals surface area (Å²) < 4.78 is 75.7. The standard InChI is InChI=1S/C11H11F6N/c1-5-3-7(18)4-6(2)8(5)9(10(12,13)14)11(15,16)17/h3-4,9H,18H2,1-2H3. The normalized spacial score (nSPS) is 13.2. The first-order valence-corrected chi connectivity index (χ1v) is 4.94. The molecular weight excluding hydrogens is 260 g/mol. The third-order valence-corrected chi connectivity index (χ3v) is 2.56. The van der Waals surface area contributed by atoms with E-state index in [1.807, 2.05) is 0 Å². The maximum absolute atomic E-state index is 12.6. The maximum Gasteiger partial charge on any atom is 0.404 e. The Bertz CT molecular complexity index is 409. The minimum absolute atomic E-state index is 0.118. The summed E-state index contributed by atoms with van der Waals surface area (Å²) in [5, 5.41) is 0. The molecule has 0 aliphatic carbocycles. The number of aryl methyl sites for hydroxylation is 2. The zero-order valence-electron chi connectivity index (χ0n) is 9.58. The van der Waals surface area contributed by atoms with Crippen molar-refractivity contribution >= 4 is 5.69 Å². The van der Waals surface area contributed by atoms with Gasteiger partial charge in [0.05, 0.1) is 0 Å². The number of nitrogen functional groups attached to an aromatic ring is 1. The number of benzene rings is 1. The number of halogens is 6. The number of hydrogen-bond acceptors (Lipinski definition) is 1. The van der Waals surface area contributed by atoms with Crippen LogP contribution < -0.4 is 5.73 Å². The second-order valence-electron chi connectivity index (χ2n) is 4.08. The zero-order chi connectivity index (χ0) is 14.3. The SMILES string of the molecule is Cc1cc(N)cc(C)c1C(C(F)(F)F)C(F)(F)F. The van der Waals surface area contributed by atoms with Crippen molar-refractivity contribution in [1.82, 2.24) is 0 Å². The van der Waals surface area contributed by atoms with E-state index in [0.717, 1.165) is 12.1 Å². The number of rotatable bonds is 1. The number of anilines is 1. The predicted molar refractivity (Wildman–Crippen MR) is 55.2 cm³/mol. The van der Waals surface area contributed by atoms with Gasteiger partial charge >= 0.3 is 12.4 Å². The first-order valence-electron chi connectivity index (χ1n) is 4.94. The van der Waals surface area contributed by atoms with E-state index in [2.05, 4.69) is 0 Å². The van der Waals surface area contributed by atoms with Crippen molar-refractivity contribution in [2.24, 2.45) is 0 Å². The van der Waals surface area contributed by atoms with Crippen LogP contribution in [-0.4, -0.2) is 12.4 Å². The number of hydrogen-bond donors (Lipinski definition) is 1. The van der Waals surface area contributed by atoms with Crippen LogP contribution in [0.1, 0.15) is 22.6 Å². The molecule has 18 heavy (non-hydrogen) atoms. The van der Waals surface area contributed by atoms with Gasteiger partial charge in [-0.15, -0.1) is 0 Å². The lowest BCUT2D eigenvalue weighted by molar-refractivity contribution is -0.253. The molecule has 0 heterocycles. The molecule has 102 valence electrons. The molecular formula is C11H11F6N. The molecule has 1 aromatic carbocycles. The number of nitrogens with two attached hydrogens (primary N) is 1. The maximum atomic E-state index is 12.6. The van der Waals surface area contributed by atoms with Crippen LogP contribution in [0.2, 0.25) is 0 Å². The van der Waals surface area contributed by atoms with Gasteiger partial charge in [-0.25, -0.2) is 0 Å². The third-order valence-electron chi connectivity index (χ3n) is 2.56. The Morgan fingerprint density at radius 3 is 1.50 bits per heavy atom. The topological polar surface area (TPSA) is 26.0 Å². The summed E-state index contributed by atoms with van der Waals surface area (Å²) in [5.74, 6) is -3.48. The van der Waals surface area contributed by atoms with Gasteiger partial charge < -0.3 is 5.73 Å². The first-order chi connectivity index (χ1) is 7.94. The van der Waals surface area contributed by atoms with Crippen LogP contribution >= 0.6 is 0 Å². The summed E-state index contributed by atoms with van der Waals surface area (Å²) in [5.41, 5.74) is 4.51. The van der Waals surface area contributed by atoms with Gasteiger partial charge in [0, 0.05) is 5.69 Å². The van der Waals surface area contributed by atoms with E-state index in [0.29, 0.717) is 0 Å². The fourth-order valence-corrected chi connectivity index (χ4v) is 1.98. The lowest BCUT2D eigenvalue weighted by Crippen LogP contribution is -2.35. The van der Waals surface area contributed by atoms with E-state index in [1.54, 1.807) is 0 Å². The van der Waals surface area contributed by atoms with Gasteiger partial charge in [-0.2, -0.15) is 26.3 Å². The Hall–Kier alpha value is -1.40. The highest BCUT2D eigenvalue weighted by Gasteiger charge is 2.58. The van der Waals surface area contributed by atoms with E-state index in [4.69, 9.17) is 5.73 Å². The van der Waals surface area contributed by atoms with Crippen LogP contribution in [0.25, 0.3) is 0 Å². The quantitative estimate of drug-likeness (QED) is 0.604. The van der Waals surface area contributed by atoms with E-state index in [1.165, 1.54) is 13.8 Å². The molecule has 0 unspecified atom stereocenters. The largest absolute Gasteiger partial charge is 0.404 e. The van der Waals surface area contributed by atoms with Crippen molar-refractivity contribution in [3.8, 4) is 0 Å². The molecule has 0 bridgehead atoms. The van der Waals surface area contributed by atoms with Crippen LogP contribution in [-0.2, 0) is 0 Å². The molecule has 1 aromatic rings. The molecule has 0 radical (unpaired) electrons. The van der Waals surface area contributed by atoms with Gasteiger partial charge in [0.15, 0.2) is 5.92 Å². The fourth-order valence-electron chi connectivity index (χ4n) is 1.98. The average molecular weight is 271 g/mol. The Kier molecular flexibility index (Phi) is 3.56. The molecule has 0 aliphatic rings. The summed E-state index contributed by atoms with van der Waals surface area (Å²) in [6, 6.07) is 2.21. The summed E-state index contributed by atoms with van der Waals surface area (Å²) >= 11 is 0. The molecule has 2 N–H and O–H groups in total. The minimum atomic E-state index is -5.39. The van der Waals surface area contributed by atoms with Crippen LogP contribution in [0.3, 0.4) is 0 Å². The molecule has 0 saturated carbocycles. The van der Waals surface area contributed by atoms with Crippen LogP contribution in [0.4, 0.5) is 32.0 Å². The highest BCUT2D eigenvalue weighted by atomic mass is 19.4. The minimum Gasteiger partial charge on any atom is -0.399 e. The van der Waals surface area contributed by atoms with Crippen LogP contribution in [0, 0.1) is 13.8 Å². The smallest absolute Gasteiger partial charge is 0.399 e. The van der Waals surface area contributed by atoms with Crippen molar-refractivity contribution in [3.63, 3.8) is 0 Å². The molecule has 0 fully saturated rings. The van der Waals surface area contributed by atoms with E-state index >= 15 is 0 Å². The molecule has 1 nitrogen and oxygen atoms in total. The molecule has 0 spiro atoms. The van der Waals surface area contributed by atoms with Gasteiger partial charge in [-0.1, -0.05) is 0 Å². The average Bonchev–Trinajstić information content (AvgIpc) is 2.06. The molecule has 0 aromatic heterocycles. The zero-order valence-corrected chi connectivity index (χ0v) is 9.58. The molecule has 0 amide bonds. The van der Waals surface area contributed by atoms with Crippen molar-refractivity contribution < 1.29 is 26.3 Å². The Morgan fingerprint density at radius 1 is 0.889 bits per heavy atom. The lowest BCUT2D eigenvalue weighted by atomic mass is 9.89. The fraction of sp³-hybridized carbons (Fsp3) is 0.455. The summed E-state index contributed by atoms with van der Waals surface area (Å²) in [4.78, 5) is 0. The highest BCUT2D eigenvalue weighted by Crippen LogP contribution is 2.48. The van der Waals surface area contributed by atoms with Crippen LogP contribution in [0.5, 0.6) is 0 Å². The summed E-state index contributed by atoms with van der Waals surface area (Å²) in [6.45, 7) is 2.37. The van der Waals surface area contributed by atoms with E-state index < -0.39 is 23.8 Å². The van der Waals surface area contributed by atoms with Crippen molar-refractivity contribution in [1.29, 1.82) is 0 Å². The molecule has 1 rings (SSSR count). The van der Waals surface area contributed by atoms with Crippen LogP contribution in [0.15, 0.2) is 12.1 Å². The third kappa shape index (κ3) is 2.88. The summed E-state index contributed by atoms with van der Waals surface area (Å²) in [6.07, 6.45) is -10.8. The highest BCUT2D eigenvalue weighted by molar-refractivity contribution is 5.50. The van der Waals surface area contributed by atoms with Gasteiger partial charge in [0.25, 0.3) is 0 Å². The monoisotopic (exact) mass is 271 g/mol. The second-order valence-corrected chi connectivity index (χ2v) is 4.08. The Balaban J connectivity index is 3.50. The van der Waals surface area contributed by atoms with Crippen molar-refractivity contribution in [2.45, 2.75) is 32.1 Å². The van der Waals surface area contributed by atoms with Gasteiger partial charge in [-0.05, 0) is 42.7 Å². The number of alkyl halides is 6. The molecule has 0 atom stereocenters. The molecule has 7 heteroatoms. The van der Waals surface area contributed by atoms with Crippen molar-refractivity contribution in [3.05, 3.63) is 28.8 Å². The van der Waals surface area contributed by atoms with Gasteiger partial charge in [-0.3, -0.25) is 0 Å². The molecule has 0 saturated heterocycles. The second kappa shape index (κ2) is 4.37. The Labute approximate surface area is 99.6 Å². The van der Waals surface area contributed by atoms with Gasteiger partial charge in [0.2, 0.25) is 0 Å². The van der Waals surface area contributed by atoms with E-state index in [9.17, 15) is 26.3 Å². The predicted octanol–water partition coefficient (Wildman–Crippen LogP) is 4.09. The summed E-state index contributed by atoms with van der Waals surface area (Å²) in [7, 11) is 0. The Morgan fingerprint density at radius 2 is 1.22 bits per heavy atom. The van der Waals surface area contributed by atoms with Gasteiger partial charge in [0.1, 0.15) is 0 Å². The molecule has 0 aliphatic heterocycles. The lowest BCUT2D eigenvalue weighted by Gasteiger charge is -2.26.